The van der Waals surface area contributed by atoms with Gasteiger partial charge in [-0.1, -0.05) is 23.7 Å². The molecule has 0 spiro atoms. The number of aromatic nitrogens is 4. The predicted molar refractivity (Wildman–Crippen MR) is 79.0 cm³/mol. The molecule has 0 unspecified atom stereocenters. The Bertz CT molecular complexity index is 795. The van der Waals surface area contributed by atoms with Crippen LogP contribution >= 0.6 is 11.6 Å². The number of rotatable bonds is 2. The van der Waals surface area contributed by atoms with Gasteiger partial charge in [-0.3, -0.25) is 5.43 Å². The molecule has 0 fully saturated rings. The van der Waals surface area contributed by atoms with E-state index < -0.39 is 0 Å². The number of nitrogens with zero attached hydrogens (tertiary/aromatic N) is 4. The Hall–Kier alpha value is -2.18. The Labute approximate surface area is 120 Å². The average Bonchev–Trinajstić information content (AvgIpc) is 2.73. The van der Waals surface area contributed by atoms with Crippen LogP contribution in [0.5, 0.6) is 0 Å². The molecule has 6 nitrogen and oxygen atoms in total. The van der Waals surface area contributed by atoms with E-state index in [1.807, 2.05) is 38.1 Å². The van der Waals surface area contributed by atoms with Gasteiger partial charge in [-0.15, -0.1) is 0 Å². The van der Waals surface area contributed by atoms with Gasteiger partial charge in [-0.05, 0) is 26.0 Å². The monoisotopic (exact) mass is 288 g/mol. The van der Waals surface area contributed by atoms with Crippen LogP contribution in [-0.4, -0.2) is 19.7 Å². The summed E-state index contributed by atoms with van der Waals surface area (Å²) in [5.74, 6) is 6.41. The van der Waals surface area contributed by atoms with Gasteiger partial charge in [0, 0.05) is 5.39 Å². The van der Waals surface area contributed by atoms with Crippen LogP contribution in [0.15, 0.2) is 24.3 Å². The van der Waals surface area contributed by atoms with E-state index in [0.717, 1.165) is 22.3 Å². The van der Waals surface area contributed by atoms with Crippen molar-refractivity contribution in [2.75, 3.05) is 5.43 Å². The zero-order valence-corrected chi connectivity index (χ0v) is 11.8. The lowest BCUT2D eigenvalue weighted by Crippen LogP contribution is -2.13. The van der Waals surface area contributed by atoms with Crippen molar-refractivity contribution < 1.29 is 0 Å². The molecule has 0 amide bonds. The van der Waals surface area contributed by atoms with Crippen LogP contribution in [0.1, 0.15) is 11.4 Å². The molecule has 0 saturated carbocycles. The van der Waals surface area contributed by atoms with Crippen molar-refractivity contribution in [3.05, 3.63) is 40.7 Å². The maximum Gasteiger partial charge on any atom is 0.239 e. The number of hydrogen-bond acceptors (Lipinski definition) is 5. The van der Waals surface area contributed by atoms with Crippen LogP contribution in [0.4, 0.5) is 5.95 Å². The van der Waals surface area contributed by atoms with Crippen molar-refractivity contribution >= 4 is 28.5 Å². The molecule has 102 valence electrons. The molecule has 2 aromatic heterocycles. The van der Waals surface area contributed by atoms with Crippen LogP contribution in [-0.2, 0) is 0 Å². The number of benzene rings is 1. The second-order valence-corrected chi connectivity index (χ2v) is 4.81. The number of halogens is 1. The van der Waals surface area contributed by atoms with Gasteiger partial charge in [-0.25, -0.2) is 15.5 Å². The molecule has 0 saturated heterocycles. The Balaban J connectivity index is 2.37. The van der Waals surface area contributed by atoms with Crippen LogP contribution in [0, 0.1) is 13.8 Å². The third-order valence-electron chi connectivity index (χ3n) is 3.12. The van der Waals surface area contributed by atoms with E-state index in [4.69, 9.17) is 17.4 Å². The number of aryl methyl sites for hydroxylation is 1. The number of hydrogen-bond donors (Lipinski definition) is 2. The molecule has 2 heterocycles. The van der Waals surface area contributed by atoms with Crippen molar-refractivity contribution in [3.8, 4) is 5.82 Å². The maximum atomic E-state index is 6.21. The van der Waals surface area contributed by atoms with Crippen molar-refractivity contribution in [1.29, 1.82) is 0 Å². The van der Waals surface area contributed by atoms with E-state index in [0.29, 0.717) is 16.8 Å². The summed E-state index contributed by atoms with van der Waals surface area (Å²) >= 11 is 6.21. The SMILES string of the molecule is Cc1nn(-c2nc(NN)nc3ccccc23)c(C)c1Cl. The first-order chi connectivity index (χ1) is 9.61. The molecule has 0 aliphatic carbocycles. The zero-order valence-electron chi connectivity index (χ0n) is 11.1. The topological polar surface area (TPSA) is 81.7 Å². The van der Waals surface area contributed by atoms with Crippen molar-refractivity contribution in [3.63, 3.8) is 0 Å². The fourth-order valence-electron chi connectivity index (χ4n) is 2.12. The fraction of sp³-hybridized carbons (Fsp3) is 0.154. The van der Waals surface area contributed by atoms with E-state index in [1.54, 1.807) is 4.68 Å². The van der Waals surface area contributed by atoms with Crippen molar-refractivity contribution in [2.45, 2.75) is 13.8 Å². The van der Waals surface area contributed by atoms with Crippen molar-refractivity contribution in [2.24, 2.45) is 5.84 Å². The van der Waals surface area contributed by atoms with Gasteiger partial charge in [-0.2, -0.15) is 10.1 Å². The smallest absolute Gasteiger partial charge is 0.239 e. The number of para-hydroxylation sites is 1. The molecule has 3 rings (SSSR count). The number of fused-ring (bicyclic) bond motifs is 1. The first-order valence-electron chi connectivity index (χ1n) is 6.07. The van der Waals surface area contributed by atoms with Crippen LogP contribution in [0.25, 0.3) is 16.7 Å². The van der Waals surface area contributed by atoms with E-state index in [2.05, 4.69) is 20.5 Å². The number of nitrogens with one attached hydrogen (secondary N) is 1. The zero-order chi connectivity index (χ0) is 14.3. The van der Waals surface area contributed by atoms with Gasteiger partial charge in [0.2, 0.25) is 5.95 Å². The minimum absolute atomic E-state index is 0.336. The molecular formula is C13H13ClN6. The third kappa shape index (κ3) is 1.90. The molecule has 3 N–H and O–H groups in total. The first-order valence-corrected chi connectivity index (χ1v) is 6.45. The quantitative estimate of drug-likeness (QED) is 0.559. The summed E-state index contributed by atoms with van der Waals surface area (Å²) in [4.78, 5) is 8.72. The number of nitrogen functional groups attached to an aromatic ring is 1. The molecule has 7 heteroatoms. The van der Waals surface area contributed by atoms with Crippen LogP contribution in [0.3, 0.4) is 0 Å². The van der Waals surface area contributed by atoms with Gasteiger partial charge >= 0.3 is 0 Å². The number of anilines is 1. The number of nitrogens with two attached hydrogens (primary N) is 1. The molecule has 0 bridgehead atoms. The summed E-state index contributed by atoms with van der Waals surface area (Å²) in [6.07, 6.45) is 0. The lowest BCUT2D eigenvalue weighted by Gasteiger charge is -2.09. The average molecular weight is 289 g/mol. The Kier molecular flexibility index (Phi) is 3.04. The first kappa shape index (κ1) is 12.8. The second kappa shape index (κ2) is 4.73. The van der Waals surface area contributed by atoms with E-state index in [-0.39, 0.29) is 0 Å². The molecule has 1 aromatic carbocycles. The van der Waals surface area contributed by atoms with Gasteiger partial charge in [0.25, 0.3) is 0 Å². The second-order valence-electron chi connectivity index (χ2n) is 4.43. The lowest BCUT2D eigenvalue weighted by molar-refractivity contribution is 0.810. The molecule has 3 aromatic rings. The van der Waals surface area contributed by atoms with Crippen molar-refractivity contribution in [1.82, 2.24) is 19.7 Å². The minimum atomic E-state index is 0.336. The summed E-state index contributed by atoms with van der Waals surface area (Å²) < 4.78 is 1.71. The molecule has 0 radical (unpaired) electrons. The summed E-state index contributed by atoms with van der Waals surface area (Å²) in [5.41, 5.74) is 4.85. The van der Waals surface area contributed by atoms with Gasteiger partial charge in [0.1, 0.15) is 0 Å². The summed E-state index contributed by atoms with van der Waals surface area (Å²) in [6.45, 7) is 3.76. The standard InChI is InChI=1S/C13H13ClN6/c1-7-11(14)8(2)20(19-7)12-9-5-3-4-6-10(9)16-13(17-12)18-15/h3-6H,15H2,1-2H3,(H,16,17,18). The van der Waals surface area contributed by atoms with E-state index >= 15 is 0 Å². The molecule has 20 heavy (non-hydrogen) atoms. The Morgan fingerprint density at radius 2 is 1.95 bits per heavy atom. The summed E-state index contributed by atoms with van der Waals surface area (Å²) in [5, 5.41) is 5.95. The summed E-state index contributed by atoms with van der Waals surface area (Å²) in [6, 6.07) is 7.68. The Morgan fingerprint density at radius 3 is 2.60 bits per heavy atom. The minimum Gasteiger partial charge on any atom is -0.292 e. The largest absolute Gasteiger partial charge is 0.292 e. The number of hydrazine groups is 1. The van der Waals surface area contributed by atoms with E-state index in [1.165, 1.54) is 0 Å². The summed E-state index contributed by atoms with van der Waals surface area (Å²) in [7, 11) is 0. The highest BCUT2D eigenvalue weighted by Gasteiger charge is 2.15. The Morgan fingerprint density at radius 1 is 1.20 bits per heavy atom. The van der Waals surface area contributed by atoms with Crippen LogP contribution in [0.2, 0.25) is 5.02 Å². The maximum absolute atomic E-state index is 6.21. The van der Waals surface area contributed by atoms with Gasteiger partial charge in [0.05, 0.1) is 21.9 Å². The van der Waals surface area contributed by atoms with Gasteiger partial charge in [0.15, 0.2) is 5.82 Å². The molecule has 0 aliphatic rings. The lowest BCUT2D eigenvalue weighted by atomic mass is 10.2. The molecular weight excluding hydrogens is 276 g/mol. The predicted octanol–water partition coefficient (Wildman–Crippen LogP) is 2.37. The van der Waals surface area contributed by atoms with Crippen LogP contribution < -0.4 is 11.3 Å². The highest BCUT2D eigenvalue weighted by Crippen LogP contribution is 2.26. The fourth-order valence-corrected chi connectivity index (χ4v) is 2.23. The normalized spacial score (nSPS) is 11.0. The molecule has 0 aliphatic heterocycles. The van der Waals surface area contributed by atoms with Gasteiger partial charge < -0.3 is 0 Å². The third-order valence-corrected chi connectivity index (χ3v) is 3.66. The molecule has 0 atom stereocenters. The highest BCUT2D eigenvalue weighted by molar-refractivity contribution is 6.31. The van der Waals surface area contributed by atoms with E-state index in [9.17, 15) is 0 Å². The highest BCUT2D eigenvalue weighted by atomic mass is 35.5.